The predicted molar refractivity (Wildman–Crippen MR) is 149 cm³/mol. The van der Waals surface area contributed by atoms with Gasteiger partial charge in [0.2, 0.25) is 11.8 Å². The van der Waals surface area contributed by atoms with Crippen LogP contribution in [0.1, 0.15) is 19.8 Å². The first-order valence-electron chi connectivity index (χ1n) is 14.0. The molecular formula is C26H36F2N10O4. The molecule has 2 aromatic heterocycles. The summed E-state index contributed by atoms with van der Waals surface area (Å²) in [4.78, 5) is 49.2. The summed E-state index contributed by atoms with van der Waals surface area (Å²) in [6.07, 6.45) is 3.46. The molecule has 2 aromatic rings. The Balaban J connectivity index is 1.18. The Hall–Kier alpha value is -3.92. The molecule has 42 heavy (non-hydrogen) atoms. The van der Waals surface area contributed by atoms with Crippen molar-refractivity contribution >= 4 is 29.7 Å². The van der Waals surface area contributed by atoms with Crippen molar-refractivity contribution in [3.63, 3.8) is 0 Å². The number of halogens is 2. The lowest BCUT2D eigenvalue weighted by molar-refractivity contribution is -0.0760. The molecule has 0 radical (unpaired) electrons. The van der Waals surface area contributed by atoms with Crippen molar-refractivity contribution in [2.45, 2.75) is 43.9 Å². The van der Waals surface area contributed by atoms with E-state index in [2.05, 4.69) is 47.4 Å². The standard InChI is InChI=1S/C26H36F2N10O4/c1-4-41-22-13-30-21(12-31-22)33-24(39)36(3)19-16-38(8-6-26(19,27)28)23-29-7-5-20(32-23)34-25(40)42-18-11-17-14-35(2)9-10-37(17)15-18/h5,7,12-13,17-19H,4,6,8-11,14-16H2,1-3H3,(H,30,33,39)(H,29,32,34,40)/t17-,18-,19+/m1/s1. The number of urea groups is 1. The van der Waals surface area contributed by atoms with E-state index in [1.165, 1.54) is 31.7 Å². The largest absolute Gasteiger partial charge is 0.477 e. The van der Waals surface area contributed by atoms with Gasteiger partial charge in [0.25, 0.3) is 5.92 Å². The monoisotopic (exact) mass is 590 g/mol. The van der Waals surface area contributed by atoms with E-state index in [0.717, 1.165) is 31.0 Å². The van der Waals surface area contributed by atoms with Crippen molar-refractivity contribution in [2.24, 2.45) is 0 Å². The van der Waals surface area contributed by atoms with Crippen LogP contribution >= 0.6 is 0 Å². The zero-order valence-electron chi connectivity index (χ0n) is 23.9. The topological polar surface area (TPSA) is 141 Å². The van der Waals surface area contributed by atoms with Crippen molar-refractivity contribution in [3.05, 3.63) is 24.7 Å². The third-order valence-corrected chi connectivity index (χ3v) is 7.75. The van der Waals surface area contributed by atoms with Gasteiger partial charge in [0.05, 0.1) is 19.0 Å². The van der Waals surface area contributed by atoms with Gasteiger partial charge >= 0.3 is 12.1 Å². The average Bonchev–Trinajstić information content (AvgIpc) is 3.35. The van der Waals surface area contributed by atoms with Crippen LogP contribution < -0.4 is 20.3 Å². The number of likely N-dealkylation sites (N-methyl/N-ethyl adjacent to an activating group) is 2. The first-order valence-corrected chi connectivity index (χ1v) is 14.0. The number of hydrogen-bond donors (Lipinski definition) is 2. The van der Waals surface area contributed by atoms with E-state index >= 15 is 8.78 Å². The van der Waals surface area contributed by atoms with Gasteiger partial charge in [0, 0.05) is 71.4 Å². The summed E-state index contributed by atoms with van der Waals surface area (Å²) >= 11 is 0. The van der Waals surface area contributed by atoms with E-state index in [1.807, 2.05) is 0 Å². The summed E-state index contributed by atoms with van der Waals surface area (Å²) < 4.78 is 40.9. The number of fused-ring (bicyclic) bond motifs is 1. The minimum absolute atomic E-state index is 0.0367. The number of nitrogens with one attached hydrogen (secondary N) is 2. The highest BCUT2D eigenvalue weighted by molar-refractivity contribution is 5.88. The van der Waals surface area contributed by atoms with Crippen LogP contribution in [0, 0.1) is 0 Å². The van der Waals surface area contributed by atoms with E-state index in [4.69, 9.17) is 9.47 Å². The molecule has 0 saturated carbocycles. The number of alkyl halides is 2. The molecule has 14 nitrogen and oxygen atoms in total. The summed E-state index contributed by atoms with van der Waals surface area (Å²) in [5.41, 5.74) is 0. The van der Waals surface area contributed by atoms with Gasteiger partial charge < -0.3 is 24.2 Å². The van der Waals surface area contributed by atoms with Crippen molar-refractivity contribution in [2.75, 3.05) is 75.5 Å². The van der Waals surface area contributed by atoms with E-state index < -0.39 is 30.5 Å². The second kappa shape index (κ2) is 12.5. The number of piperazine rings is 1. The fraction of sp³-hybridized carbons (Fsp3) is 0.615. The highest BCUT2D eigenvalue weighted by Crippen LogP contribution is 2.33. The molecule has 0 aliphatic carbocycles. The molecule has 3 fully saturated rings. The number of hydrogen-bond acceptors (Lipinski definition) is 11. The SMILES string of the molecule is CCOc1cnc(NC(=O)N(C)[C@H]2CN(c3nccc(NC(=O)O[C@@H]4C[C@@H]5CN(C)CCN5C4)n3)CCC2(F)F)cn1. The van der Waals surface area contributed by atoms with Crippen LogP contribution in [0.2, 0.25) is 0 Å². The molecule has 0 unspecified atom stereocenters. The van der Waals surface area contributed by atoms with Crippen LogP contribution in [-0.4, -0.2) is 131 Å². The number of carbonyl (C=O) groups is 2. The summed E-state index contributed by atoms with van der Waals surface area (Å²) in [5.74, 6) is -2.43. The van der Waals surface area contributed by atoms with Crippen LogP contribution in [0.15, 0.2) is 24.7 Å². The third-order valence-electron chi connectivity index (χ3n) is 7.75. The molecule has 0 aromatic carbocycles. The number of anilines is 3. The van der Waals surface area contributed by atoms with Gasteiger partial charge in [-0.25, -0.2) is 33.3 Å². The number of carbonyl (C=O) groups excluding carboxylic acids is 2. The van der Waals surface area contributed by atoms with Crippen molar-refractivity contribution < 1.29 is 27.8 Å². The number of rotatable bonds is 7. The number of nitrogens with zero attached hydrogens (tertiary/aromatic N) is 8. The minimum atomic E-state index is -3.16. The first kappa shape index (κ1) is 29.6. The molecule has 3 saturated heterocycles. The smallest absolute Gasteiger partial charge is 0.413 e. The number of ether oxygens (including phenoxy) is 2. The Morgan fingerprint density at radius 2 is 1.93 bits per heavy atom. The van der Waals surface area contributed by atoms with Gasteiger partial charge in [0.15, 0.2) is 5.82 Å². The third kappa shape index (κ3) is 6.92. The van der Waals surface area contributed by atoms with Gasteiger partial charge in [0.1, 0.15) is 18.0 Å². The van der Waals surface area contributed by atoms with Crippen molar-refractivity contribution in [1.82, 2.24) is 34.6 Å². The summed E-state index contributed by atoms with van der Waals surface area (Å²) in [6.45, 7) is 5.50. The molecule has 0 bridgehead atoms. The van der Waals surface area contributed by atoms with E-state index in [-0.39, 0.29) is 42.7 Å². The zero-order valence-corrected chi connectivity index (χ0v) is 23.9. The maximum Gasteiger partial charge on any atom is 0.413 e. The lowest BCUT2D eigenvalue weighted by atomic mass is 10.00. The molecule has 3 aliphatic rings. The van der Waals surface area contributed by atoms with Gasteiger partial charge in [-0.1, -0.05) is 0 Å². The summed E-state index contributed by atoms with van der Waals surface area (Å²) in [6, 6.07) is -0.377. The first-order chi connectivity index (χ1) is 20.1. The molecule has 3 aliphatic heterocycles. The molecular weight excluding hydrogens is 554 g/mol. The molecule has 5 rings (SSSR count). The van der Waals surface area contributed by atoms with Crippen LogP contribution in [-0.2, 0) is 4.74 Å². The molecule has 3 atom stereocenters. The highest BCUT2D eigenvalue weighted by Gasteiger charge is 2.48. The molecule has 16 heteroatoms. The molecule has 228 valence electrons. The Morgan fingerprint density at radius 1 is 1.10 bits per heavy atom. The second-order valence-electron chi connectivity index (χ2n) is 10.7. The summed E-state index contributed by atoms with van der Waals surface area (Å²) in [5, 5.41) is 5.12. The van der Waals surface area contributed by atoms with Crippen LogP contribution in [0.25, 0.3) is 0 Å². The van der Waals surface area contributed by atoms with Crippen molar-refractivity contribution in [3.8, 4) is 5.88 Å². The fourth-order valence-electron chi connectivity index (χ4n) is 5.51. The maximum atomic E-state index is 15.0. The summed E-state index contributed by atoms with van der Waals surface area (Å²) in [7, 11) is 3.38. The van der Waals surface area contributed by atoms with E-state index in [9.17, 15) is 9.59 Å². The Bertz CT molecular complexity index is 1260. The highest BCUT2D eigenvalue weighted by atomic mass is 19.3. The Morgan fingerprint density at radius 3 is 2.69 bits per heavy atom. The van der Waals surface area contributed by atoms with E-state index in [0.29, 0.717) is 19.2 Å². The lowest BCUT2D eigenvalue weighted by Gasteiger charge is -2.42. The molecule has 2 N–H and O–H groups in total. The van der Waals surface area contributed by atoms with Gasteiger partial charge in [-0.15, -0.1) is 0 Å². The van der Waals surface area contributed by atoms with Gasteiger partial charge in [-0.05, 0) is 20.0 Å². The second-order valence-corrected chi connectivity index (χ2v) is 10.7. The van der Waals surface area contributed by atoms with Crippen molar-refractivity contribution in [1.29, 1.82) is 0 Å². The van der Waals surface area contributed by atoms with Gasteiger partial charge in [-0.3, -0.25) is 15.5 Å². The normalized spacial score (nSPS) is 24.0. The number of aromatic nitrogens is 4. The Kier molecular flexibility index (Phi) is 8.82. The maximum absolute atomic E-state index is 15.0. The number of amides is 3. The lowest BCUT2D eigenvalue weighted by Crippen LogP contribution is -2.60. The molecule has 5 heterocycles. The van der Waals surface area contributed by atoms with Crippen LogP contribution in [0.4, 0.5) is 36.0 Å². The quantitative estimate of drug-likeness (QED) is 0.489. The average molecular weight is 591 g/mol. The molecule has 3 amide bonds. The molecule has 0 spiro atoms. The minimum Gasteiger partial charge on any atom is -0.477 e. The number of piperidine rings is 1. The van der Waals surface area contributed by atoms with Crippen LogP contribution in [0.3, 0.4) is 0 Å². The van der Waals surface area contributed by atoms with Crippen LogP contribution in [0.5, 0.6) is 5.88 Å². The van der Waals surface area contributed by atoms with E-state index in [1.54, 1.807) is 11.8 Å². The Labute approximate surface area is 242 Å². The van der Waals surface area contributed by atoms with Gasteiger partial charge in [-0.2, -0.15) is 4.98 Å². The predicted octanol–water partition coefficient (Wildman–Crippen LogP) is 1.98. The zero-order chi connectivity index (χ0) is 29.9. The fourth-order valence-corrected chi connectivity index (χ4v) is 5.51.